The van der Waals surface area contributed by atoms with Gasteiger partial charge in [-0.2, -0.15) is 0 Å². The van der Waals surface area contributed by atoms with Gasteiger partial charge >= 0.3 is 0 Å². The van der Waals surface area contributed by atoms with Gasteiger partial charge in [-0.3, -0.25) is 9.78 Å². The van der Waals surface area contributed by atoms with Gasteiger partial charge in [-0.1, -0.05) is 18.2 Å². The highest BCUT2D eigenvalue weighted by Gasteiger charge is 2.17. The molecule has 0 N–H and O–H groups in total. The van der Waals surface area contributed by atoms with Crippen molar-refractivity contribution in [1.29, 1.82) is 0 Å². The molecule has 0 amide bonds. The van der Waals surface area contributed by atoms with Crippen molar-refractivity contribution < 1.29 is 4.74 Å². The Labute approximate surface area is 222 Å². The van der Waals surface area contributed by atoms with Gasteiger partial charge in [0.15, 0.2) is 17.3 Å². The third-order valence-electron chi connectivity index (χ3n) is 7.10. The van der Waals surface area contributed by atoms with Crippen LogP contribution in [0.1, 0.15) is 31.4 Å². The number of hydrogen-bond donors (Lipinski definition) is 0. The highest BCUT2D eigenvalue weighted by Crippen LogP contribution is 2.26. The Bertz CT molecular complexity index is 1500. The summed E-state index contributed by atoms with van der Waals surface area (Å²) in [6.45, 7) is 12.1. The lowest BCUT2D eigenvalue weighted by molar-refractivity contribution is 0.159. The molecule has 0 saturated carbocycles. The normalized spacial score (nSPS) is 15.1. The maximum atomic E-state index is 12.8. The Hall–Kier alpha value is -4.35. The number of rotatable bonds is 7. The summed E-state index contributed by atoms with van der Waals surface area (Å²) in [5.74, 6) is 1.85. The third kappa shape index (κ3) is 5.79. The van der Waals surface area contributed by atoms with Gasteiger partial charge in [-0.25, -0.2) is 14.8 Å². The summed E-state index contributed by atoms with van der Waals surface area (Å²) in [5.41, 5.74) is 3.64. The first-order chi connectivity index (χ1) is 18.5. The van der Waals surface area contributed by atoms with E-state index in [9.17, 15) is 4.79 Å². The largest absolute Gasteiger partial charge is 0.490 e. The zero-order chi connectivity index (χ0) is 26.5. The molecule has 1 fully saturated rings. The van der Waals surface area contributed by atoms with Gasteiger partial charge in [0.2, 0.25) is 0 Å². The number of ether oxygens (including phenoxy) is 1. The molecule has 192 valence electrons. The number of piperidine rings is 1. The van der Waals surface area contributed by atoms with E-state index >= 15 is 0 Å². The minimum atomic E-state index is -0.233. The highest BCUT2D eigenvalue weighted by molar-refractivity contribution is 5.63. The smallest absolute Gasteiger partial charge is 0.251 e. The molecular weight excluding hydrogens is 476 g/mol. The maximum Gasteiger partial charge on any atom is 0.251 e. The SMILES string of the molecule is [C-]#[N+]c1ccnc(-c2ccc(=O)n([C@H](C)c3cccc(-c4ncc(OCC5CCN(C)CC5)cn4)c3)c2)c1. The second kappa shape index (κ2) is 11.4. The van der Waals surface area contributed by atoms with E-state index < -0.39 is 0 Å². The molecule has 4 heterocycles. The van der Waals surface area contributed by atoms with Gasteiger partial charge < -0.3 is 14.2 Å². The van der Waals surface area contributed by atoms with Crippen LogP contribution in [0.4, 0.5) is 5.69 Å². The van der Waals surface area contributed by atoms with Crippen LogP contribution in [0.25, 0.3) is 27.5 Å². The first-order valence-electron chi connectivity index (χ1n) is 12.8. The first kappa shape index (κ1) is 25.3. The summed E-state index contributed by atoms with van der Waals surface area (Å²) < 4.78 is 7.65. The fourth-order valence-corrected chi connectivity index (χ4v) is 4.69. The zero-order valence-electron chi connectivity index (χ0n) is 21.6. The molecule has 0 bridgehead atoms. The number of aromatic nitrogens is 4. The number of benzene rings is 1. The zero-order valence-corrected chi connectivity index (χ0v) is 21.6. The average molecular weight is 507 g/mol. The molecular formula is C30H30N6O2. The average Bonchev–Trinajstić information content (AvgIpc) is 2.97. The summed E-state index contributed by atoms with van der Waals surface area (Å²) in [7, 11) is 2.16. The second-order valence-electron chi connectivity index (χ2n) is 9.78. The van der Waals surface area contributed by atoms with Crippen LogP contribution in [0.2, 0.25) is 0 Å². The van der Waals surface area contributed by atoms with E-state index in [1.165, 1.54) is 6.07 Å². The van der Waals surface area contributed by atoms with Gasteiger partial charge in [0.25, 0.3) is 5.56 Å². The summed E-state index contributed by atoms with van der Waals surface area (Å²) in [4.78, 5) is 32.1. The third-order valence-corrected chi connectivity index (χ3v) is 7.10. The standard InChI is InChI=1S/C30H30N6O2/c1-21(36-19-25(7-8-29(36)37)28-16-26(31-2)9-12-32-28)23-5-4-6-24(15-23)30-33-17-27(18-34-30)38-20-22-10-13-35(3)14-11-22/h4-9,12,15-19,21-22H,10-11,13-14,20H2,1,3H3/t21-/m1/s1. The molecule has 1 aliphatic heterocycles. The van der Waals surface area contributed by atoms with E-state index in [1.54, 1.807) is 47.6 Å². The van der Waals surface area contributed by atoms with Gasteiger partial charge in [-0.15, -0.1) is 0 Å². The Morgan fingerprint density at radius 3 is 2.61 bits per heavy atom. The fraction of sp³-hybridized carbons (Fsp3) is 0.300. The summed E-state index contributed by atoms with van der Waals surface area (Å²) in [6, 6.07) is 14.3. The molecule has 38 heavy (non-hydrogen) atoms. The predicted octanol–water partition coefficient (Wildman–Crippen LogP) is 5.25. The molecule has 8 nitrogen and oxygen atoms in total. The monoisotopic (exact) mass is 506 g/mol. The van der Waals surface area contributed by atoms with Gasteiger partial charge in [0.05, 0.1) is 37.3 Å². The van der Waals surface area contributed by atoms with Crippen molar-refractivity contribution in [2.45, 2.75) is 25.8 Å². The summed E-state index contributed by atoms with van der Waals surface area (Å²) in [5, 5.41) is 0. The van der Waals surface area contributed by atoms with Gasteiger partial charge in [0, 0.05) is 29.6 Å². The minimum Gasteiger partial charge on any atom is -0.490 e. The van der Waals surface area contributed by atoms with E-state index in [2.05, 4.69) is 31.7 Å². The van der Waals surface area contributed by atoms with Crippen molar-refractivity contribution in [1.82, 2.24) is 24.4 Å². The molecule has 1 aliphatic rings. The lowest BCUT2D eigenvalue weighted by Crippen LogP contribution is -2.32. The molecule has 3 aromatic heterocycles. The number of likely N-dealkylation sites (tertiary alicyclic amines) is 1. The Kier molecular flexibility index (Phi) is 7.57. The number of pyridine rings is 2. The first-order valence-corrected chi connectivity index (χ1v) is 12.8. The van der Waals surface area contributed by atoms with Gasteiger partial charge in [0.1, 0.15) is 0 Å². The van der Waals surface area contributed by atoms with Crippen molar-refractivity contribution >= 4 is 5.69 Å². The highest BCUT2D eigenvalue weighted by atomic mass is 16.5. The number of hydrogen-bond acceptors (Lipinski definition) is 6. The van der Waals surface area contributed by atoms with E-state index in [0.717, 1.165) is 42.6 Å². The van der Waals surface area contributed by atoms with Crippen molar-refractivity contribution in [2.24, 2.45) is 5.92 Å². The topological polar surface area (TPSA) is 77.5 Å². The van der Waals surface area contributed by atoms with Crippen LogP contribution >= 0.6 is 0 Å². The molecule has 0 spiro atoms. The quantitative estimate of drug-likeness (QED) is 0.319. The molecule has 0 unspecified atom stereocenters. The molecule has 0 aliphatic carbocycles. The predicted molar refractivity (Wildman–Crippen MR) is 147 cm³/mol. The van der Waals surface area contributed by atoms with Crippen LogP contribution in [-0.2, 0) is 0 Å². The van der Waals surface area contributed by atoms with Crippen LogP contribution in [0.3, 0.4) is 0 Å². The van der Waals surface area contributed by atoms with Crippen molar-refractivity contribution in [3.8, 4) is 28.4 Å². The maximum absolute atomic E-state index is 12.8. The van der Waals surface area contributed by atoms with Gasteiger partial charge in [-0.05, 0) is 75.6 Å². The molecule has 8 heteroatoms. The van der Waals surface area contributed by atoms with Crippen LogP contribution in [0.5, 0.6) is 5.75 Å². The van der Waals surface area contributed by atoms with Crippen molar-refractivity contribution in [3.63, 3.8) is 0 Å². The molecule has 0 radical (unpaired) electrons. The summed E-state index contributed by atoms with van der Waals surface area (Å²) in [6.07, 6.45) is 9.16. The van der Waals surface area contributed by atoms with Crippen LogP contribution in [0.15, 0.2) is 78.1 Å². The second-order valence-corrected chi connectivity index (χ2v) is 9.78. The van der Waals surface area contributed by atoms with Crippen LogP contribution in [-0.4, -0.2) is 51.2 Å². The van der Waals surface area contributed by atoms with Crippen LogP contribution in [0, 0.1) is 12.5 Å². The summed E-state index contributed by atoms with van der Waals surface area (Å²) >= 11 is 0. The fourth-order valence-electron chi connectivity index (χ4n) is 4.69. The Morgan fingerprint density at radius 2 is 1.84 bits per heavy atom. The Balaban J connectivity index is 1.32. The lowest BCUT2D eigenvalue weighted by Gasteiger charge is -2.28. The van der Waals surface area contributed by atoms with E-state index in [0.29, 0.717) is 35.5 Å². The van der Waals surface area contributed by atoms with E-state index in [-0.39, 0.29) is 11.6 Å². The van der Waals surface area contributed by atoms with Crippen LogP contribution < -0.4 is 10.3 Å². The molecule has 1 atom stereocenters. The lowest BCUT2D eigenvalue weighted by atomic mass is 9.98. The van der Waals surface area contributed by atoms with Crippen molar-refractivity contribution in [3.05, 3.63) is 101 Å². The van der Waals surface area contributed by atoms with Crippen molar-refractivity contribution in [2.75, 3.05) is 26.7 Å². The van der Waals surface area contributed by atoms with E-state index in [1.807, 2.05) is 31.2 Å². The van der Waals surface area contributed by atoms with E-state index in [4.69, 9.17) is 11.3 Å². The molecule has 1 aromatic carbocycles. The molecule has 1 saturated heterocycles. The number of nitrogens with zero attached hydrogens (tertiary/aromatic N) is 6. The minimum absolute atomic E-state index is 0.115. The molecule has 5 rings (SSSR count). The molecule has 4 aromatic rings. The Morgan fingerprint density at radius 1 is 1.05 bits per heavy atom.